The second-order valence-corrected chi connectivity index (χ2v) is 5.46. The van der Waals surface area contributed by atoms with Gasteiger partial charge in [-0.05, 0) is 37.9 Å². The van der Waals surface area contributed by atoms with Crippen LogP contribution in [0, 0.1) is 0 Å². The molecule has 114 valence electrons. The van der Waals surface area contributed by atoms with Gasteiger partial charge < -0.3 is 10.0 Å². The van der Waals surface area contributed by atoms with Crippen molar-refractivity contribution in [1.29, 1.82) is 0 Å². The molecule has 1 amide bonds. The molecule has 1 atom stereocenters. The molecular weight excluding hydrogens is 268 g/mol. The summed E-state index contributed by atoms with van der Waals surface area (Å²) in [6.07, 6.45) is 2.42. The van der Waals surface area contributed by atoms with Crippen LogP contribution < -0.4 is 4.90 Å². The summed E-state index contributed by atoms with van der Waals surface area (Å²) in [4.78, 5) is 27.1. The van der Waals surface area contributed by atoms with Gasteiger partial charge in [-0.2, -0.15) is 0 Å². The summed E-state index contributed by atoms with van der Waals surface area (Å²) in [6, 6.07) is 7.30. The number of carboxylic acids is 1. The Morgan fingerprint density at radius 2 is 2.10 bits per heavy atom. The van der Waals surface area contributed by atoms with Gasteiger partial charge in [0, 0.05) is 12.2 Å². The topological polar surface area (TPSA) is 60.9 Å². The Bertz CT molecular complexity index is 530. The summed E-state index contributed by atoms with van der Waals surface area (Å²) in [7, 11) is 1.69. The van der Waals surface area contributed by atoms with Gasteiger partial charge in [-0.1, -0.05) is 25.1 Å². The number of carboxylic acid groups (broad SMARTS) is 1. The van der Waals surface area contributed by atoms with Gasteiger partial charge in [-0.3, -0.25) is 14.5 Å². The van der Waals surface area contributed by atoms with E-state index in [-0.39, 0.29) is 12.5 Å². The molecule has 0 aromatic heterocycles. The molecule has 0 saturated carbocycles. The number of carbonyl (C=O) groups excluding carboxylic acids is 1. The molecule has 5 nitrogen and oxygen atoms in total. The fraction of sp³-hybridized carbons (Fsp3) is 0.500. The van der Waals surface area contributed by atoms with Gasteiger partial charge in [0.25, 0.3) is 0 Å². The number of carbonyl (C=O) groups is 2. The molecule has 0 bridgehead atoms. The van der Waals surface area contributed by atoms with E-state index in [1.807, 2.05) is 31.2 Å². The first-order chi connectivity index (χ1) is 10.0. The molecule has 1 aromatic rings. The van der Waals surface area contributed by atoms with E-state index < -0.39 is 12.0 Å². The number of amides is 1. The third-order valence-electron chi connectivity index (χ3n) is 4.00. The van der Waals surface area contributed by atoms with Crippen molar-refractivity contribution < 1.29 is 14.7 Å². The largest absolute Gasteiger partial charge is 0.480 e. The van der Waals surface area contributed by atoms with Crippen molar-refractivity contribution in [3.05, 3.63) is 29.8 Å². The first kappa shape index (κ1) is 15.5. The van der Waals surface area contributed by atoms with Crippen molar-refractivity contribution in [3.8, 4) is 0 Å². The standard InChI is InChI=1S/C16H22N2O3/c1-3-13(16(20)21)17(2)11-15(19)18-10-6-8-12-7-4-5-9-14(12)18/h4-5,7,9,13H,3,6,8,10-11H2,1-2H3,(H,20,21). The molecule has 0 saturated heterocycles. The Hall–Kier alpha value is -1.88. The third kappa shape index (κ3) is 3.42. The Balaban J connectivity index is 2.09. The third-order valence-corrected chi connectivity index (χ3v) is 4.00. The molecule has 21 heavy (non-hydrogen) atoms. The first-order valence-corrected chi connectivity index (χ1v) is 7.36. The molecular formula is C16H22N2O3. The number of para-hydroxylation sites is 1. The van der Waals surface area contributed by atoms with E-state index in [1.165, 1.54) is 5.56 Å². The molecule has 1 aliphatic rings. The molecule has 1 aliphatic heterocycles. The van der Waals surface area contributed by atoms with Crippen LogP contribution in [0.2, 0.25) is 0 Å². The zero-order chi connectivity index (χ0) is 15.4. The zero-order valence-electron chi connectivity index (χ0n) is 12.6. The van der Waals surface area contributed by atoms with Crippen molar-refractivity contribution >= 4 is 17.6 Å². The minimum Gasteiger partial charge on any atom is -0.480 e. The number of likely N-dealkylation sites (N-methyl/N-ethyl adjacent to an activating group) is 1. The van der Waals surface area contributed by atoms with Gasteiger partial charge in [0.15, 0.2) is 0 Å². The monoisotopic (exact) mass is 290 g/mol. The number of rotatable bonds is 5. The smallest absolute Gasteiger partial charge is 0.320 e. The van der Waals surface area contributed by atoms with Crippen molar-refractivity contribution in [2.24, 2.45) is 0 Å². The highest BCUT2D eigenvalue weighted by Gasteiger charge is 2.27. The number of benzene rings is 1. The maximum atomic E-state index is 12.5. The van der Waals surface area contributed by atoms with E-state index in [0.717, 1.165) is 18.5 Å². The molecule has 0 radical (unpaired) electrons. The average Bonchev–Trinajstić information content (AvgIpc) is 2.46. The molecule has 1 heterocycles. The van der Waals surface area contributed by atoms with Crippen molar-refractivity contribution in [1.82, 2.24) is 4.90 Å². The lowest BCUT2D eigenvalue weighted by Crippen LogP contribution is -2.46. The van der Waals surface area contributed by atoms with Crippen LogP contribution in [0.3, 0.4) is 0 Å². The molecule has 0 fully saturated rings. The highest BCUT2D eigenvalue weighted by Crippen LogP contribution is 2.26. The van der Waals surface area contributed by atoms with Crippen LogP contribution in [0.15, 0.2) is 24.3 Å². The van der Waals surface area contributed by atoms with Gasteiger partial charge in [0.05, 0.1) is 6.54 Å². The lowest BCUT2D eigenvalue weighted by Gasteiger charge is -2.32. The molecule has 1 unspecified atom stereocenters. The van der Waals surface area contributed by atoms with E-state index >= 15 is 0 Å². The minimum absolute atomic E-state index is 0.0376. The van der Waals surface area contributed by atoms with E-state index in [1.54, 1.807) is 16.8 Å². The SMILES string of the molecule is CCC(C(=O)O)N(C)CC(=O)N1CCCc2ccccc21. The summed E-state index contributed by atoms with van der Waals surface area (Å²) in [6.45, 7) is 2.64. The van der Waals surface area contributed by atoms with Gasteiger partial charge in [-0.25, -0.2) is 0 Å². The van der Waals surface area contributed by atoms with Gasteiger partial charge in [0.2, 0.25) is 5.91 Å². The Morgan fingerprint density at radius 1 is 1.38 bits per heavy atom. The van der Waals surface area contributed by atoms with E-state index in [2.05, 4.69) is 0 Å². The zero-order valence-corrected chi connectivity index (χ0v) is 12.6. The minimum atomic E-state index is -0.883. The Kier molecular flexibility index (Phi) is 4.96. The Labute approximate surface area is 125 Å². The van der Waals surface area contributed by atoms with Crippen molar-refractivity contribution in [2.45, 2.75) is 32.2 Å². The number of anilines is 1. The number of aryl methyl sites for hydroxylation is 1. The highest BCUT2D eigenvalue weighted by atomic mass is 16.4. The van der Waals surface area contributed by atoms with Crippen LogP contribution in [0.1, 0.15) is 25.3 Å². The van der Waals surface area contributed by atoms with Crippen LogP contribution in [-0.4, -0.2) is 48.1 Å². The quantitative estimate of drug-likeness (QED) is 0.897. The fourth-order valence-corrected chi connectivity index (χ4v) is 2.88. The van der Waals surface area contributed by atoms with E-state index in [0.29, 0.717) is 13.0 Å². The van der Waals surface area contributed by atoms with Crippen LogP contribution in [-0.2, 0) is 16.0 Å². The lowest BCUT2D eigenvalue weighted by molar-refractivity contribution is -0.143. The molecule has 0 aliphatic carbocycles. The van der Waals surface area contributed by atoms with E-state index in [9.17, 15) is 9.59 Å². The number of hydrogen-bond donors (Lipinski definition) is 1. The second-order valence-electron chi connectivity index (χ2n) is 5.46. The predicted octanol–water partition coefficient (Wildman–Crippen LogP) is 1.76. The van der Waals surface area contributed by atoms with Crippen LogP contribution in [0.5, 0.6) is 0 Å². The van der Waals surface area contributed by atoms with Crippen LogP contribution in [0.4, 0.5) is 5.69 Å². The summed E-state index contributed by atoms with van der Waals surface area (Å²) < 4.78 is 0. The van der Waals surface area contributed by atoms with Gasteiger partial charge >= 0.3 is 5.97 Å². The van der Waals surface area contributed by atoms with Crippen LogP contribution >= 0.6 is 0 Å². The predicted molar refractivity (Wildman–Crippen MR) is 81.5 cm³/mol. The summed E-state index contributed by atoms with van der Waals surface area (Å²) >= 11 is 0. The normalized spacial score (nSPS) is 15.7. The van der Waals surface area contributed by atoms with Gasteiger partial charge in [0.1, 0.15) is 6.04 Å². The van der Waals surface area contributed by atoms with E-state index in [4.69, 9.17) is 5.11 Å². The Morgan fingerprint density at radius 3 is 2.76 bits per heavy atom. The molecule has 0 spiro atoms. The molecule has 2 rings (SSSR count). The first-order valence-electron chi connectivity index (χ1n) is 7.36. The summed E-state index contributed by atoms with van der Waals surface area (Å²) in [5, 5.41) is 9.16. The fourth-order valence-electron chi connectivity index (χ4n) is 2.88. The summed E-state index contributed by atoms with van der Waals surface area (Å²) in [5.41, 5.74) is 2.15. The van der Waals surface area contributed by atoms with Crippen LogP contribution in [0.25, 0.3) is 0 Å². The number of aliphatic carboxylic acids is 1. The molecule has 5 heteroatoms. The van der Waals surface area contributed by atoms with Crippen molar-refractivity contribution in [2.75, 3.05) is 25.0 Å². The number of nitrogens with zero attached hydrogens (tertiary/aromatic N) is 2. The lowest BCUT2D eigenvalue weighted by atomic mass is 10.0. The van der Waals surface area contributed by atoms with Gasteiger partial charge in [-0.15, -0.1) is 0 Å². The molecule has 1 N–H and O–H groups in total. The maximum Gasteiger partial charge on any atom is 0.320 e. The maximum absolute atomic E-state index is 12.5. The average molecular weight is 290 g/mol. The van der Waals surface area contributed by atoms with Crippen molar-refractivity contribution in [3.63, 3.8) is 0 Å². The highest BCUT2D eigenvalue weighted by molar-refractivity contribution is 5.96. The number of fused-ring (bicyclic) bond motifs is 1. The summed E-state index contributed by atoms with van der Waals surface area (Å²) in [5.74, 6) is -0.920. The number of hydrogen-bond acceptors (Lipinski definition) is 3. The second kappa shape index (κ2) is 6.72. The molecule has 1 aromatic carbocycles.